The molecule has 0 radical (unpaired) electrons. The van der Waals surface area contributed by atoms with Crippen LogP contribution in [0.3, 0.4) is 0 Å². The Kier molecular flexibility index (Phi) is 18.8. The molecule has 386 valence electrons. The van der Waals surface area contributed by atoms with Gasteiger partial charge >= 0.3 is 0 Å². The van der Waals surface area contributed by atoms with Crippen molar-refractivity contribution < 1.29 is 144 Å². The molecule has 6 aliphatic rings. The van der Waals surface area contributed by atoms with E-state index in [1.807, 2.05) is 0 Å². The topological polar surface area (TPSA) is 466 Å². The van der Waals surface area contributed by atoms with Crippen molar-refractivity contribution in [3.63, 3.8) is 0 Å². The maximum atomic E-state index is 11.6. The van der Waals surface area contributed by atoms with Gasteiger partial charge in [-0.25, -0.2) is 0 Å². The van der Waals surface area contributed by atoms with E-state index < -0.39 is 217 Å². The molecule has 66 heavy (non-hydrogen) atoms. The normalized spacial score (nSPS) is 54.0. The monoisotopic (exact) mass is 972 g/mol. The molecule has 29 nitrogen and oxygen atoms in total. The quantitative estimate of drug-likeness (QED) is 0.0724. The zero-order valence-corrected chi connectivity index (χ0v) is 35.4. The number of hydrogen-bond donors (Lipinski definition) is 18. The molecule has 0 aromatic heterocycles. The van der Waals surface area contributed by atoms with Crippen LogP contribution in [0.2, 0.25) is 0 Å². The Balaban J connectivity index is 1.18. The van der Waals surface area contributed by atoms with Gasteiger partial charge in [-0.05, 0) is 6.92 Å². The van der Waals surface area contributed by atoms with E-state index in [4.69, 9.17) is 52.1 Å². The standard InChI is InChI=1S/C37H64O29/c1-8-27(62-37-31(20(48)16(44)10(3-38)60-37)66-34-24(52)19(47)15(43)9(2)56-34)17(45)11(4-39)58-33(8)65-30-18(46)12(5-40)59-36(26(30)54)64-29-14(7-42)61-35(25(53)22(29)50)63-28-13(6-41)57-32(55)23(51)21(28)49/h8-55H,3-7H2,1-2H3/t8-,9?,10?,11?,12?,13?,14?,15+,16-,17-,18-,19?,20?,21?,22?,23?,24-,25-,26?,27?,28+,29-,30-,31-,32+,33-,34-,35-,36+,37-/m0/s1. The molecule has 30 atom stereocenters. The second-order valence-corrected chi connectivity index (χ2v) is 17.1. The van der Waals surface area contributed by atoms with Crippen molar-refractivity contribution in [1.82, 2.24) is 0 Å². The van der Waals surface area contributed by atoms with Gasteiger partial charge in [-0.15, -0.1) is 0 Å². The summed E-state index contributed by atoms with van der Waals surface area (Å²) >= 11 is 0. The summed E-state index contributed by atoms with van der Waals surface area (Å²) in [4.78, 5) is 0. The molecule has 0 bridgehead atoms. The number of ether oxygens (including phenoxy) is 11. The predicted octanol–water partition coefficient (Wildman–Crippen LogP) is -11.8. The molecular weight excluding hydrogens is 908 g/mol. The smallest absolute Gasteiger partial charge is 0.187 e. The minimum Gasteiger partial charge on any atom is -0.394 e. The molecule has 29 heteroatoms. The largest absolute Gasteiger partial charge is 0.394 e. The van der Waals surface area contributed by atoms with Gasteiger partial charge in [0.05, 0.1) is 45.2 Å². The van der Waals surface area contributed by atoms with Crippen molar-refractivity contribution in [3.8, 4) is 0 Å². The van der Waals surface area contributed by atoms with Crippen LogP contribution in [0.1, 0.15) is 13.8 Å². The van der Waals surface area contributed by atoms with Crippen LogP contribution in [0.5, 0.6) is 0 Å². The molecule has 13 unspecified atom stereocenters. The van der Waals surface area contributed by atoms with Crippen LogP contribution in [0, 0.1) is 5.92 Å². The fourth-order valence-corrected chi connectivity index (χ4v) is 8.67. The Morgan fingerprint density at radius 2 is 0.667 bits per heavy atom. The first kappa shape index (κ1) is 54.2. The summed E-state index contributed by atoms with van der Waals surface area (Å²) in [5.74, 6) is -1.23. The summed E-state index contributed by atoms with van der Waals surface area (Å²) in [6.07, 6.45) is -51.5. The van der Waals surface area contributed by atoms with E-state index in [0.29, 0.717) is 0 Å². The van der Waals surface area contributed by atoms with E-state index in [9.17, 15) is 91.9 Å². The molecule has 0 aliphatic carbocycles. The van der Waals surface area contributed by atoms with Gasteiger partial charge in [0.2, 0.25) is 0 Å². The van der Waals surface area contributed by atoms with Crippen LogP contribution in [0.25, 0.3) is 0 Å². The minimum atomic E-state index is -2.09. The lowest BCUT2D eigenvalue weighted by molar-refractivity contribution is -0.396. The third-order valence-electron chi connectivity index (χ3n) is 12.7. The van der Waals surface area contributed by atoms with Gasteiger partial charge in [0.1, 0.15) is 128 Å². The molecule has 6 saturated heterocycles. The molecule has 6 rings (SSSR count). The van der Waals surface area contributed by atoms with Gasteiger partial charge in [-0.1, -0.05) is 6.92 Å². The van der Waals surface area contributed by atoms with E-state index in [2.05, 4.69) is 0 Å². The van der Waals surface area contributed by atoms with Crippen LogP contribution in [-0.4, -0.2) is 303 Å². The molecule has 6 aliphatic heterocycles. The van der Waals surface area contributed by atoms with Crippen molar-refractivity contribution in [2.75, 3.05) is 33.0 Å². The van der Waals surface area contributed by atoms with Crippen LogP contribution in [0.4, 0.5) is 0 Å². The number of aliphatic hydroxyl groups excluding tert-OH is 18. The van der Waals surface area contributed by atoms with Gasteiger partial charge in [0.15, 0.2) is 37.7 Å². The second-order valence-electron chi connectivity index (χ2n) is 17.1. The van der Waals surface area contributed by atoms with Crippen LogP contribution >= 0.6 is 0 Å². The fourth-order valence-electron chi connectivity index (χ4n) is 8.67. The zero-order chi connectivity index (χ0) is 48.6. The summed E-state index contributed by atoms with van der Waals surface area (Å²) in [6.45, 7) is -1.84. The molecule has 0 aromatic carbocycles. The van der Waals surface area contributed by atoms with E-state index in [0.717, 1.165) is 0 Å². The summed E-state index contributed by atoms with van der Waals surface area (Å²) < 4.78 is 62.4. The van der Waals surface area contributed by atoms with Gasteiger partial charge in [0.25, 0.3) is 0 Å². The van der Waals surface area contributed by atoms with Gasteiger partial charge in [-0.3, -0.25) is 0 Å². The highest BCUT2D eigenvalue weighted by atomic mass is 16.8. The maximum absolute atomic E-state index is 11.6. The fraction of sp³-hybridized carbons (Fsp3) is 1.00. The highest BCUT2D eigenvalue weighted by Crippen LogP contribution is 2.38. The van der Waals surface area contributed by atoms with Crippen molar-refractivity contribution in [2.45, 2.75) is 192 Å². The van der Waals surface area contributed by atoms with Crippen LogP contribution < -0.4 is 0 Å². The third kappa shape index (κ3) is 10.8. The van der Waals surface area contributed by atoms with E-state index in [1.165, 1.54) is 13.8 Å². The lowest BCUT2D eigenvalue weighted by Crippen LogP contribution is -2.67. The molecule has 0 aromatic rings. The van der Waals surface area contributed by atoms with Crippen LogP contribution in [0.15, 0.2) is 0 Å². The molecule has 6 heterocycles. The first-order valence-corrected chi connectivity index (χ1v) is 21.3. The lowest BCUT2D eigenvalue weighted by Gasteiger charge is -2.50. The summed E-state index contributed by atoms with van der Waals surface area (Å²) in [7, 11) is 0. The Hall–Kier alpha value is -1.16. The minimum absolute atomic E-state index is 0.852. The molecular formula is C37H64O29. The van der Waals surface area contributed by atoms with Crippen molar-refractivity contribution in [3.05, 3.63) is 0 Å². The summed E-state index contributed by atoms with van der Waals surface area (Å²) in [6, 6.07) is 0. The van der Waals surface area contributed by atoms with E-state index in [-0.39, 0.29) is 0 Å². The average molecular weight is 973 g/mol. The van der Waals surface area contributed by atoms with E-state index in [1.54, 1.807) is 0 Å². The second kappa shape index (κ2) is 22.9. The molecule has 18 N–H and O–H groups in total. The molecule has 0 saturated carbocycles. The first-order chi connectivity index (χ1) is 31.2. The van der Waals surface area contributed by atoms with Crippen molar-refractivity contribution >= 4 is 0 Å². The molecule has 0 amide bonds. The Bertz CT molecular complexity index is 1490. The number of hydrogen-bond acceptors (Lipinski definition) is 29. The highest BCUT2D eigenvalue weighted by molar-refractivity contribution is 4.99. The Morgan fingerprint density at radius 3 is 1.24 bits per heavy atom. The van der Waals surface area contributed by atoms with Gasteiger partial charge in [0, 0.05) is 5.92 Å². The van der Waals surface area contributed by atoms with Gasteiger partial charge < -0.3 is 144 Å². The average Bonchev–Trinajstić information content (AvgIpc) is 3.30. The third-order valence-corrected chi connectivity index (χ3v) is 12.7. The number of aliphatic hydroxyl groups is 18. The number of rotatable bonds is 15. The van der Waals surface area contributed by atoms with Gasteiger partial charge in [-0.2, -0.15) is 0 Å². The molecule has 6 fully saturated rings. The van der Waals surface area contributed by atoms with E-state index >= 15 is 0 Å². The van der Waals surface area contributed by atoms with Crippen molar-refractivity contribution in [1.29, 1.82) is 0 Å². The van der Waals surface area contributed by atoms with Crippen molar-refractivity contribution in [2.24, 2.45) is 5.92 Å². The zero-order valence-electron chi connectivity index (χ0n) is 35.4. The summed E-state index contributed by atoms with van der Waals surface area (Å²) in [5, 5.41) is 190. The Labute approximate surface area is 374 Å². The predicted molar refractivity (Wildman–Crippen MR) is 201 cm³/mol. The molecule has 0 spiro atoms. The summed E-state index contributed by atoms with van der Waals surface area (Å²) in [5.41, 5.74) is 0. The van der Waals surface area contributed by atoms with Crippen LogP contribution in [-0.2, 0) is 52.1 Å². The Morgan fingerprint density at radius 1 is 0.288 bits per heavy atom. The highest BCUT2D eigenvalue weighted by Gasteiger charge is 2.57. The maximum Gasteiger partial charge on any atom is 0.187 e. The lowest BCUT2D eigenvalue weighted by atomic mass is 9.91. The SMILES string of the molecule is CC1O[C@@H](O[C@H]2C(O)[C@@H](O)C(CO)O[C@H]2OC2[C@@H](O)C(CO)O[C@@H](O[C@@H]3C(O)[C@@H](O[C@H]4C(CO)O[C@@H](O[C@@H]5C(CO)O[C@@H](O)C(O)C5O)[C@@H](O)C4O)OC(CO)[C@@H]3O)[C@H]2C)[C@@H](O)C(O)[C@@H]1O. The first-order valence-electron chi connectivity index (χ1n) is 21.3.